The van der Waals surface area contributed by atoms with E-state index in [-0.39, 0.29) is 0 Å². The monoisotopic (exact) mass is 257 g/mol. The molecule has 2 rings (SSSR count). The zero-order valence-corrected chi connectivity index (χ0v) is 11.4. The van der Waals surface area contributed by atoms with Crippen molar-refractivity contribution in [2.45, 2.75) is 26.8 Å². The second-order valence-corrected chi connectivity index (χ2v) is 4.39. The molecular weight excluding hydrogens is 238 g/mol. The third kappa shape index (κ3) is 4.03. The molecule has 0 spiro atoms. The normalized spacial score (nSPS) is 10.4. The highest BCUT2D eigenvalue weighted by atomic mass is 16.5. The van der Waals surface area contributed by atoms with Crippen molar-refractivity contribution in [2.24, 2.45) is 0 Å². The van der Waals surface area contributed by atoms with Crippen molar-refractivity contribution < 1.29 is 4.74 Å². The Labute approximate surface area is 113 Å². The van der Waals surface area contributed by atoms with Crippen LogP contribution in [0.4, 0.5) is 0 Å². The van der Waals surface area contributed by atoms with Crippen LogP contribution >= 0.6 is 0 Å². The maximum absolute atomic E-state index is 5.75. The average Bonchev–Trinajstić information content (AvgIpc) is 2.42. The molecule has 4 heteroatoms. The Balaban J connectivity index is 2.05. The first-order chi connectivity index (χ1) is 9.29. The van der Waals surface area contributed by atoms with Crippen LogP contribution in [0.3, 0.4) is 0 Å². The largest absolute Gasteiger partial charge is 0.437 e. The van der Waals surface area contributed by atoms with Gasteiger partial charge in [-0.05, 0) is 31.5 Å². The summed E-state index contributed by atoms with van der Waals surface area (Å²) in [6.07, 6.45) is 4.50. The van der Waals surface area contributed by atoms with Gasteiger partial charge in [0.1, 0.15) is 5.75 Å². The highest BCUT2D eigenvalue weighted by Crippen LogP contribution is 2.22. The topological polar surface area (TPSA) is 47.0 Å². The van der Waals surface area contributed by atoms with E-state index in [1.165, 1.54) is 0 Å². The minimum atomic E-state index is 0.532. The summed E-state index contributed by atoms with van der Waals surface area (Å²) >= 11 is 0. The van der Waals surface area contributed by atoms with Crippen molar-refractivity contribution in [1.82, 2.24) is 15.3 Å². The van der Waals surface area contributed by atoms with Crippen LogP contribution in [0.15, 0.2) is 36.7 Å². The smallest absolute Gasteiger partial charge is 0.238 e. The summed E-state index contributed by atoms with van der Waals surface area (Å²) in [5.41, 5.74) is 1.97. The second kappa shape index (κ2) is 6.85. The van der Waals surface area contributed by atoms with Gasteiger partial charge in [-0.1, -0.05) is 25.1 Å². The minimum absolute atomic E-state index is 0.532. The summed E-state index contributed by atoms with van der Waals surface area (Å²) < 4.78 is 5.75. The number of aryl methyl sites for hydroxylation is 1. The number of rotatable bonds is 6. The van der Waals surface area contributed by atoms with Gasteiger partial charge in [0.05, 0.1) is 11.9 Å². The van der Waals surface area contributed by atoms with Crippen LogP contribution in [0.2, 0.25) is 0 Å². The fourth-order valence-electron chi connectivity index (χ4n) is 1.70. The van der Waals surface area contributed by atoms with Crippen molar-refractivity contribution in [3.63, 3.8) is 0 Å². The third-order valence-corrected chi connectivity index (χ3v) is 2.70. The highest BCUT2D eigenvalue weighted by molar-refractivity contribution is 5.34. The summed E-state index contributed by atoms with van der Waals surface area (Å²) in [6.45, 7) is 5.84. The van der Waals surface area contributed by atoms with Gasteiger partial charge in [0.2, 0.25) is 5.88 Å². The number of para-hydroxylation sites is 1. The minimum Gasteiger partial charge on any atom is -0.437 e. The van der Waals surface area contributed by atoms with E-state index < -0.39 is 0 Å². The van der Waals surface area contributed by atoms with Gasteiger partial charge in [0, 0.05) is 12.7 Å². The lowest BCUT2D eigenvalue weighted by Crippen LogP contribution is -2.15. The molecule has 0 atom stereocenters. The lowest BCUT2D eigenvalue weighted by atomic mass is 10.2. The first-order valence-corrected chi connectivity index (χ1v) is 6.54. The number of hydrogen-bond acceptors (Lipinski definition) is 4. The van der Waals surface area contributed by atoms with Gasteiger partial charge in [-0.3, -0.25) is 4.98 Å². The van der Waals surface area contributed by atoms with Gasteiger partial charge < -0.3 is 10.1 Å². The van der Waals surface area contributed by atoms with Crippen molar-refractivity contribution in [3.8, 4) is 11.6 Å². The van der Waals surface area contributed by atoms with E-state index in [4.69, 9.17) is 4.74 Å². The highest BCUT2D eigenvalue weighted by Gasteiger charge is 2.03. The van der Waals surface area contributed by atoms with Gasteiger partial charge in [0.25, 0.3) is 0 Å². The molecule has 0 bridgehead atoms. The van der Waals surface area contributed by atoms with E-state index >= 15 is 0 Å². The molecule has 0 aliphatic rings. The predicted molar refractivity (Wildman–Crippen MR) is 75.3 cm³/mol. The van der Waals surface area contributed by atoms with Crippen molar-refractivity contribution in [3.05, 3.63) is 47.9 Å². The summed E-state index contributed by atoms with van der Waals surface area (Å²) in [6, 6.07) is 7.87. The van der Waals surface area contributed by atoms with Crippen LogP contribution in [0.5, 0.6) is 11.6 Å². The Bertz CT molecular complexity index is 528. The maximum atomic E-state index is 5.75. The second-order valence-electron chi connectivity index (χ2n) is 4.39. The van der Waals surface area contributed by atoms with Gasteiger partial charge in [-0.15, -0.1) is 0 Å². The lowest BCUT2D eigenvalue weighted by molar-refractivity contribution is 0.453. The van der Waals surface area contributed by atoms with E-state index in [0.29, 0.717) is 12.4 Å². The standard InChI is InChI=1S/C15H19N3O/c1-3-8-16-9-13-10-17-11-15(18-13)19-14-7-5-4-6-12(14)2/h4-7,10-11,16H,3,8-9H2,1-2H3. The fraction of sp³-hybridized carbons (Fsp3) is 0.333. The van der Waals surface area contributed by atoms with Crippen LogP contribution in [-0.2, 0) is 6.54 Å². The molecular formula is C15H19N3O. The maximum Gasteiger partial charge on any atom is 0.238 e. The molecule has 1 N–H and O–H groups in total. The first-order valence-electron chi connectivity index (χ1n) is 6.54. The van der Waals surface area contributed by atoms with E-state index in [0.717, 1.165) is 30.0 Å². The van der Waals surface area contributed by atoms with E-state index in [1.54, 1.807) is 12.4 Å². The summed E-state index contributed by atoms with van der Waals surface area (Å²) in [5, 5.41) is 3.30. The SMILES string of the molecule is CCCNCc1cncc(Oc2ccccc2C)n1. The van der Waals surface area contributed by atoms with Crippen LogP contribution in [-0.4, -0.2) is 16.5 Å². The van der Waals surface area contributed by atoms with Crippen molar-refractivity contribution in [1.29, 1.82) is 0 Å². The Morgan fingerprint density at radius 2 is 2.05 bits per heavy atom. The number of nitrogens with one attached hydrogen (secondary N) is 1. The molecule has 1 aromatic heterocycles. The Kier molecular flexibility index (Phi) is 4.86. The fourth-order valence-corrected chi connectivity index (χ4v) is 1.70. The Morgan fingerprint density at radius 3 is 2.84 bits per heavy atom. The third-order valence-electron chi connectivity index (χ3n) is 2.70. The Hall–Kier alpha value is -1.94. The summed E-state index contributed by atoms with van der Waals surface area (Å²) in [7, 11) is 0. The van der Waals surface area contributed by atoms with Gasteiger partial charge >= 0.3 is 0 Å². The zero-order valence-electron chi connectivity index (χ0n) is 11.4. The van der Waals surface area contributed by atoms with Crippen molar-refractivity contribution >= 4 is 0 Å². The molecule has 0 fully saturated rings. The molecule has 4 nitrogen and oxygen atoms in total. The number of nitrogens with zero attached hydrogens (tertiary/aromatic N) is 2. The van der Waals surface area contributed by atoms with E-state index in [2.05, 4.69) is 22.2 Å². The van der Waals surface area contributed by atoms with Gasteiger partial charge in [-0.25, -0.2) is 4.98 Å². The Morgan fingerprint density at radius 1 is 1.21 bits per heavy atom. The number of hydrogen-bond donors (Lipinski definition) is 1. The predicted octanol–water partition coefficient (Wildman–Crippen LogP) is 3.08. The van der Waals surface area contributed by atoms with Crippen molar-refractivity contribution in [2.75, 3.05) is 6.54 Å². The molecule has 19 heavy (non-hydrogen) atoms. The molecule has 0 aliphatic heterocycles. The summed E-state index contributed by atoms with van der Waals surface area (Å²) in [5.74, 6) is 1.35. The van der Waals surface area contributed by atoms with Crippen LogP contribution in [0.1, 0.15) is 24.6 Å². The number of benzene rings is 1. The first kappa shape index (κ1) is 13.5. The molecule has 1 aromatic carbocycles. The molecule has 0 saturated carbocycles. The molecule has 0 saturated heterocycles. The summed E-state index contributed by atoms with van der Waals surface area (Å²) in [4.78, 5) is 8.60. The molecule has 2 aromatic rings. The van der Waals surface area contributed by atoms with E-state index in [1.807, 2.05) is 31.2 Å². The van der Waals surface area contributed by atoms with Crippen LogP contribution in [0.25, 0.3) is 0 Å². The zero-order chi connectivity index (χ0) is 13.5. The number of ether oxygens (including phenoxy) is 1. The van der Waals surface area contributed by atoms with Crippen LogP contribution < -0.4 is 10.1 Å². The molecule has 1 heterocycles. The molecule has 0 aliphatic carbocycles. The van der Waals surface area contributed by atoms with E-state index in [9.17, 15) is 0 Å². The molecule has 0 unspecified atom stereocenters. The van der Waals surface area contributed by atoms with Gasteiger partial charge in [0.15, 0.2) is 0 Å². The molecule has 0 radical (unpaired) electrons. The number of aromatic nitrogens is 2. The average molecular weight is 257 g/mol. The molecule has 0 amide bonds. The van der Waals surface area contributed by atoms with Gasteiger partial charge in [-0.2, -0.15) is 0 Å². The molecule has 100 valence electrons. The quantitative estimate of drug-likeness (QED) is 0.808. The lowest BCUT2D eigenvalue weighted by Gasteiger charge is -2.08. The van der Waals surface area contributed by atoms with Crippen LogP contribution in [0, 0.1) is 6.92 Å².